The molecule has 13 atom stereocenters. The molecule has 4 N–H and O–H groups in total. The third-order valence-electron chi connectivity index (χ3n) is 13.3. The molecule has 3 heterocycles. The minimum Gasteiger partial charge on any atom is -0.507 e. The van der Waals surface area contributed by atoms with Gasteiger partial charge in [-0.1, -0.05) is 26.0 Å². The Morgan fingerprint density at radius 2 is 1.59 bits per heavy atom. The second-order valence-electron chi connectivity index (χ2n) is 17.5. The highest BCUT2D eigenvalue weighted by atomic mass is 16.7. The van der Waals surface area contributed by atoms with Crippen molar-refractivity contribution in [2.24, 2.45) is 4.99 Å². The number of phenols is 2. The van der Waals surface area contributed by atoms with E-state index in [2.05, 4.69) is 4.99 Å². The van der Waals surface area contributed by atoms with Gasteiger partial charge in [-0.3, -0.25) is 24.2 Å². The van der Waals surface area contributed by atoms with E-state index >= 15 is 0 Å². The van der Waals surface area contributed by atoms with Crippen molar-refractivity contribution < 1.29 is 72.8 Å². The number of Topliss-reactive ketones (excluding diaryl/α,β-unsaturated/α-hetero) is 1. The molecule has 0 bridgehead atoms. The Morgan fingerprint density at radius 1 is 0.905 bits per heavy atom. The molecule has 3 aliphatic heterocycles. The van der Waals surface area contributed by atoms with Crippen LogP contribution in [-0.4, -0.2) is 149 Å². The number of carbonyl (C=O) groups excluding carboxylic acids is 4. The summed E-state index contributed by atoms with van der Waals surface area (Å²) in [6.45, 7) is 9.11. The average Bonchev–Trinajstić information content (AvgIpc) is 3.23. The summed E-state index contributed by atoms with van der Waals surface area (Å²) in [6.07, 6.45) is -5.52. The molecule has 4 unspecified atom stereocenters. The minimum absolute atomic E-state index is 0.0267. The van der Waals surface area contributed by atoms with Gasteiger partial charge in [-0.25, -0.2) is 0 Å². The van der Waals surface area contributed by atoms with E-state index in [0.717, 1.165) is 5.71 Å². The van der Waals surface area contributed by atoms with E-state index in [1.54, 1.807) is 20.8 Å². The minimum atomic E-state index is -1.76. The largest absolute Gasteiger partial charge is 0.507 e. The van der Waals surface area contributed by atoms with Crippen LogP contribution < -0.4 is 0 Å². The first-order valence-electron chi connectivity index (χ1n) is 21.8. The summed E-state index contributed by atoms with van der Waals surface area (Å²) in [5.74, 6) is -4.55. The van der Waals surface area contributed by atoms with Gasteiger partial charge in [0.1, 0.15) is 29.6 Å². The normalized spacial score (nSPS) is 34.9. The number of methoxy groups -OCH3 is 1. The molecule has 0 amide bonds. The summed E-state index contributed by atoms with van der Waals surface area (Å²) in [5.41, 5.74) is -1.69. The van der Waals surface area contributed by atoms with E-state index in [9.17, 15) is 39.6 Å². The Balaban J connectivity index is 1.08. The molecule has 0 radical (unpaired) electrons. The molecule has 17 heteroatoms. The van der Waals surface area contributed by atoms with Crippen molar-refractivity contribution in [2.45, 2.75) is 159 Å². The van der Waals surface area contributed by atoms with Gasteiger partial charge in [-0.2, -0.15) is 0 Å². The Labute approximate surface area is 366 Å². The second kappa shape index (κ2) is 18.7. The lowest BCUT2D eigenvalue weighted by Crippen LogP contribution is -2.58. The fourth-order valence-electron chi connectivity index (χ4n) is 9.79. The summed E-state index contributed by atoms with van der Waals surface area (Å²) < 4.78 is 43.4. The standard InChI is InChI=1S/C46H60N2O15/c1-9-24(49)20-47-28-14-15-33(58-21(28)3)62-44-23(5)60-35(18-31(44)51)63-43-22(4)59-34(17-29(43)48(6)7)61-32-19-46(56,10-2)39(45(55)57-8)26-16-27-38(42(54)37(26)32)41(53)36-25(40(27)52)12-11-13-30(36)50/h11-13,16,21-23,29,31-35,39,43-44,50-51,54,56H,9-10,14-15,17-20H2,1-8H3/t21?,22?,23?,29-,31-,32+,33?,34+,35+,39+,43-,44-,46-/m1/s1. The maximum atomic E-state index is 14.0. The summed E-state index contributed by atoms with van der Waals surface area (Å²) in [4.78, 5) is 59.5. The van der Waals surface area contributed by atoms with Crippen LogP contribution in [0.1, 0.15) is 135 Å². The Bertz CT molecular complexity index is 2110. The molecule has 3 fully saturated rings. The van der Waals surface area contributed by atoms with Crippen molar-refractivity contribution >= 4 is 29.0 Å². The van der Waals surface area contributed by atoms with Crippen LogP contribution in [0.25, 0.3) is 0 Å². The van der Waals surface area contributed by atoms with Crippen molar-refractivity contribution in [1.29, 1.82) is 0 Å². The number of aliphatic hydroxyl groups is 2. The molecule has 2 aromatic carbocycles. The Hall–Kier alpha value is -4.17. The van der Waals surface area contributed by atoms with Crippen LogP contribution >= 0.6 is 0 Å². The van der Waals surface area contributed by atoms with Crippen LogP contribution in [0.4, 0.5) is 0 Å². The molecule has 0 spiro atoms. The van der Waals surface area contributed by atoms with E-state index in [0.29, 0.717) is 19.3 Å². The highest BCUT2D eigenvalue weighted by Crippen LogP contribution is 2.54. The molecule has 5 aliphatic rings. The lowest BCUT2D eigenvalue weighted by molar-refractivity contribution is -0.324. The molecule has 7 rings (SSSR count). The number of phenolic OH excluding ortho intramolecular Hbond substituents is 2. The third kappa shape index (κ3) is 8.96. The molecular weight excluding hydrogens is 821 g/mol. The van der Waals surface area contributed by atoms with E-state index in [-0.39, 0.29) is 83.5 Å². The summed E-state index contributed by atoms with van der Waals surface area (Å²) in [7, 11) is 4.93. The van der Waals surface area contributed by atoms with E-state index in [1.165, 1.54) is 31.4 Å². The monoisotopic (exact) mass is 880 g/mol. The summed E-state index contributed by atoms with van der Waals surface area (Å²) in [6, 6.07) is 5.11. The van der Waals surface area contributed by atoms with Crippen molar-refractivity contribution in [3.8, 4) is 11.5 Å². The van der Waals surface area contributed by atoms with Gasteiger partial charge in [-0.05, 0) is 65.4 Å². The van der Waals surface area contributed by atoms with Crippen LogP contribution in [0, 0.1) is 0 Å². The number of benzene rings is 2. The van der Waals surface area contributed by atoms with E-state index in [4.69, 9.17) is 33.2 Å². The number of carbonyl (C=O) groups is 4. The van der Waals surface area contributed by atoms with Crippen LogP contribution in [0.15, 0.2) is 29.3 Å². The fraction of sp³-hybridized carbons (Fsp3) is 0.630. The number of aliphatic hydroxyl groups excluding tert-OH is 1. The van der Waals surface area contributed by atoms with Gasteiger partial charge in [0.15, 0.2) is 30.4 Å². The number of hydrogen-bond donors (Lipinski definition) is 4. The maximum Gasteiger partial charge on any atom is 0.316 e. The number of esters is 1. The fourth-order valence-corrected chi connectivity index (χ4v) is 9.79. The number of likely N-dealkylation sites (N-methyl/N-ethyl adjacent to an activating group) is 1. The highest BCUT2D eigenvalue weighted by Gasteiger charge is 2.53. The first-order chi connectivity index (χ1) is 29.9. The van der Waals surface area contributed by atoms with Crippen LogP contribution in [-0.2, 0) is 42.7 Å². The summed E-state index contributed by atoms with van der Waals surface area (Å²) in [5, 5.41) is 46.2. The van der Waals surface area contributed by atoms with Gasteiger partial charge in [-0.15, -0.1) is 0 Å². The molecule has 344 valence electrons. The lowest BCUT2D eigenvalue weighted by atomic mass is 9.67. The lowest BCUT2D eigenvalue weighted by Gasteiger charge is -2.48. The van der Waals surface area contributed by atoms with E-state index in [1.807, 2.05) is 32.8 Å². The average molecular weight is 881 g/mol. The number of aromatic hydroxyl groups is 2. The molecular formula is C46H60N2O15. The second-order valence-corrected chi connectivity index (χ2v) is 17.5. The first kappa shape index (κ1) is 46.8. The zero-order valence-corrected chi connectivity index (χ0v) is 37.1. The predicted molar refractivity (Wildman–Crippen MR) is 224 cm³/mol. The molecule has 63 heavy (non-hydrogen) atoms. The van der Waals surface area contributed by atoms with Gasteiger partial charge in [0.25, 0.3) is 0 Å². The number of hydrogen-bond acceptors (Lipinski definition) is 17. The quantitative estimate of drug-likeness (QED) is 0.188. The first-order valence-corrected chi connectivity index (χ1v) is 21.8. The molecule has 3 saturated heterocycles. The number of nitrogens with zero attached hydrogens (tertiary/aromatic N) is 2. The summed E-state index contributed by atoms with van der Waals surface area (Å²) >= 11 is 0. The third-order valence-corrected chi connectivity index (χ3v) is 13.3. The SMILES string of the molecule is CCC(=O)CN=C1CCC(O[C@@H]2C(C)O[C@@H](O[C@@H]3C(C)O[C@@H](O[C@H]4C[C@](O)(CC)[C@H](C(=O)OC)c5cc6c(c(O)c54)C(=O)c4c(O)cccc4C6=O)C[C@H]3N(C)C)C[C@H]2O)OC1C. The van der Waals surface area contributed by atoms with Crippen molar-refractivity contribution in [2.75, 3.05) is 27.7 Å². The van der Waals surface area contributed by atoms with Crippen LogP contribution in [0.3, 0.4) is 0 Å². The van der Waals surface area contributed by atoms with Gasteiger partial charge in [0, 0.05) is 60.5 Å². The maximum absolute atomic E-state index is 14.0. The van der Waals surface area contributed by atoms with E-state index < -0.39 is 96.0 Å². The van der Waals surface area contributed by atoms with Crippen LogP contribution in [0.2, 0.25) is 0 Å². The van der Waals surface area contributed by atoms with Gasteiger partial charge < -0.3 is 58.5 Å². The highest BCUT2D eigenvalue weighted by molar-refractivity contribution is 6.30. The topological polar surface area (TPSA) is 229 Å². The molecule has 2 aromatic rings. The Morgan fingerprint density at radius 3 is 2.22 bits per heavy atom. The van der Waals surface area contributed by atoms with Crippen LogP contribution in [0.5, 0.6) is 11.5 Å². The van der Waals surface area contributed by atoms with Crippen molar-refractivity contribution in [3.63, 3.8) is 0 Å². The number of fused-ring (bicyclic) bond motifs is 3. The van der Waals surface area contributed by atoms with Crippen molar-refractivity contribution in [1.82, 2.24) is 4.90 Å². The molecule has 0 saturated carbocycles. The Kier molecular flexibility index (Phi) is 13.9. The zero-order chi connectivity index (χ0) is 45.7. The predicted octanol–water partition coefficient (Wildman–Crippen LogP) is 4.01. The molecule has 17 nitrogen and oxygen atoms in total. The van der Waals surface area contributed by atoms with Gasteiger partial charge in [0.2, 0.25) is 5.78 Å². The smallest absolute Gasteiger partial charge is 0.316 e. The number of ether oxygens (including phenoxy) is 7. The molecule has 2 aliphatic carbocycles. The number of aliphatic imine (C=N–C) groups is 1. The van der Waals surface area contributed by atoms with Crippen molar-refractivity contribution in [3.05, 3.63) is 57.6 Å². The number of ketones is 3. The van der Waals surface area contributed by atoms with Gasteiger partial charge >= 0.3 is 5.97 Å². The zero-order valence-electron chi connectivity index (χ0n) is 37.1. The number of rotatable bonds is 12. The van der Waals surface area contributed by atoms with Gasteiger partial charge in [0.05, 0.1) is 60.9 Å². The molecule has 0 aromatic heterocycles.